The zero-order valence-corrected chi connectivity index (χ0v) is 13.3. The van der Waals surface area contributed by atoms with Gasteiger partial charge in [0.15, 0.2) is 0 Å². The van der Waals surface area contributed by atoms with Crippen LogP contribution in [0.15, 0.2) is 11.0 Å². The molecule has 1 aromatic rings. The number of nitrogens with two attached hydrogens (primary N) is 1. The second-order valence-corrected chi connectivity index (χ2v) is 6.77. The van der Waals surface area contributed by atoms with Crippen molar-refractivity contribution in [1.29, 1.82) is 0 Å². The second-order valence-electron chi connectivity index (χ2n) is 4.79. The minimum absolute atomic E-state index is 0.0131. The molecule has 6 nitrogen and oxygen atoms in total. The Morgan fingerprint density at radius 2 is 2.00 bits per heavy atom. The van der Waals surface area contributed by atoms with Crippen molar-refractivity contribution in [3.8, 4) is 0 Å². The van der Waals surface area contributed by atoms with Crippen molar-refractivity contribution in [3.63, 3.8) is 0 Å². The summed E-state index contributed by atoms with van der Waals surface area (Å²) in [5.74, 6) is -0.902. The van der Waals surface area contributed by atoms with Gasteiger partial charge in [0.25, 0.3) is 0 Å². The third-order valence-corrected chi connectivity index (χ3v) is 5.45. The summed E-state index contributed by atoms with van der Waals surface area (Å²) in [7, 11) is -0.987. The predicted octanol–water partition coefficient (Wildman–Crippen LogP) is 0.781. The molecule has 21 heavy (non-hydrogen) atoms. The number of aryl methyl sites for hydroxylation is 1. The summed E-state index contributed by atoms with van der Waals surface area (Å²) in [6, 6.07) is 1.10. The number of halogens is 1. The van der Waals surface area contributed by atoms with Crippen LogP contribution >= 0.6 is 0 Å². The van der Waals surface area contributed by atoms with Gasteiger partial charge in [-0.25, -0.2) is 17.1 Å². The monoisotopic (exact) mass is 317 g/mol. The molecule has 8 heteroatoms. The molecule has 0 fully saturated rings. The summed E-state index contributed by atoms with van der Waals surface area (Å²) >= 11 is 0. The molecule has 0 saturated heterocycles. The Balaban J connectivity index is 3.20. The lowest BCUT2D eigenvalue weighted by Crippen LogP contribution is -2.32. The van der Waals surface area contributed by atoms with Gasteiger partial charge in [-0.05, 0) is 31.0 Å². The Bertz CT molecular complexity index is 659. The summed E-state index contributed by atoms with van der Waals surface area (Å²) in [5, 5.41) is 2.42. The summed E-state index contributed by atoms with van der Waals surface area (Å²) in [4.78, 5) is 11.2. The number of sulfonamides is 1. The van der Waals surface area contributed by atoms with Crippen LogP contribution in [0.2, 0.25) is 0 Å². The summed E-state index contributed by atoms with van der Waals surface area (Å²) in [6.45, 7) is 3.00. The van der Waals surface area contributed by atoms with Crippen LogP contribution in [0.1, 0.15) is 17.5 Å². The van der Waals surface area contributed by atoms with E-state index in [4.69, 9.17) is 5.73 Å². The van der Waals surface area contributed by atoms with Gasteiger partial charge in [0.05, 0.1) is 10.6 Å². The molecule has 0 aromatic heterocycles. The maximum Gasteiger partial charge on any atom is 0.243 e. The van der Waals surface area contributed by atoms with Gasteiger partial charge < -0.3 is 11.1 Å². The third kappa shape index (κ3) is 3.51. The van der Waals surface area contributed by atoms with Crippen LogP contribution in [0.3, 0.4) is 0 Å². The maximum atomic E-state index is 13.5. The van der Waals surface area contributed by atoms with Gasteiger partial charge in [0.1, 0.15) is 5.82 Å². The van der Waals surface area contributed by atoms with Gasteiger partial charge in [-0.2, -0.15) is 0 Å². The Morgan fingerprint density at radius 3 is 2.52 bits per heavy atom. The first-order valence-electron chi connectivity index (χ1n) is 6.35. The quantitative estimate of drug-likeness (QED) is 0.785. The van der Waals surface area contributed by atoms with Crippen molar-refractivity contribution in [1.82, 2.24) is 9.62 Å². The molecule has 0 aliphatic heterocycles. The number of carbonyl (C=O) groups excluding carboxylic acids is 1. The number of benzene rings is 1. The number of hydrogen-bond donors (Lipinski definition) is 2. The molecule has 0 spiro atoms. The topological polar surface area (TPSA) is 92.5 Å². The lowest BCUT2D eigenvalue weighted by molar-refractivity contribution is -0.120. The van der Waals surface area contributed by atoms with Crippen LogP contribution in [0, 0.1) is 19.7 Å². The highest BCUT2D eigenvalue weighted by atomic mass is 32.2. The Morgan fingerprint density at radius 1 is 1.43 bits per heavy atom. The molecule has 0 aliphatic rings. The van der Waals surface area contributed by atoms with E-state index in [9.17, 15) is 17.6 Å². The van der Waals surface area contributed by atoms with E-state index in [1.165, 1.54) is 27.9 Å². The lowest BCUT2D eigenvalue weighted by Gasteiger charge is -2.20. The summed E-state index contributed by atoms with van der Waals surface area (Å²) in [5.41, 5.74) is 5.85. The summed E-state index contributed by atoms with van der Waals surface area (Å²) in [6.07, 6.45) is 0.0427. The van der Waals surface area contributed by atoms with Gasteiger partial charge in [-0.1, -0.05) is 0 Å². The average molecular weight is 317 g/mol. The second kappa shape index (κ2) is 6.40. The minimum Gasteiger partial charge on any atom is -0.396 e. The predicted molar refractivity (Wildman–Crippen MR) is 78.8 cm³/mol. The molecule has 0 bridgehead atoms. The molecule has 0 saturated carbocycles. The van der Waals surface area contributed by atoms with E-state index in [-0.39, 0.29) is 40.6 Å². The SMILES string of the molecule is CNC(=O)CCN(C)S(=O)(=O)c1c(C)cc(F)c(N)c1C. The fourth-order valence-electron chi connectivity index (χ4n) is 1.99. The van der Waals surface area contributed by atoms with Crippen molar-refractivity contribution in [2.24, 2.45) is 0 Å². The first-order valence-corrected chi connectivity index (χ1v) is 7.79. The maximum absolute atomic E-state index is 13.5. The highest BCUT2D eigenvalue weighted by Gasteiger charge is 2.27. The largest absolute Gasteiger partial charge is 0.396 e. The van der Waals surface area contributed by atoms with Gasteiger partial charge in [-0.3, -0.25) is 4.79 Å². The molecule has 1 amide bonds. The molecular weight excluding hydrogens is 297 g/mol. The number of carbonyl (C=O) groups is 1. The highest BCUT2D eigenvalue weighted by molar-refractivity contribution is 7.89. The van der Waals surface area contributed by atoms with E-state index in [1.54, 1.807) is 0 Å². The van der Waals surface area contributed by atoms with Crippen LogP contribution in [-0.4, -0.2) is 39.3 Å². The van der Waals surface area contributed by atoms with Crippen LogP contribution < -0.4 is 11.1 Å². The van der Waals surface area contributed by atoms with Crippen molar-refractivity contribution in [2.45, 2.75) is 25.2 Å². The fourth-order valence-corrected chi connectivity index (χ4v) is 3.59. The van der Waals surface area contributed by atoms with E-state index in [0.29, 0.717) is 0 Å². The first-order chi connectivity index (χ1) is 9.62. The highest BCUT2D eigenvalue weighted by Crippen LogP contribution is 2.29. The number of amides is 1. The standard InChI is InChI=1S/C13H20FN3O3S/c1-8-7-10(14)12(15)9(2)13(8)21(19,20)17(4)6-5-11(18)16-3/h7H,5-6,15H2,1-4H3,(H,16,18). The fraction of sp³-hybridized carbons (Fsp3) is 0.462. The van der Waals surface area contributed by atoms with Crippen LogP contribution in [0.4, 0.5) is 10.1 Å². The van der Waals surface area contributed by atoms with Crippen molar-refractivity contribution in [2.75, 3.05) is 26.4 Å². The molecule has 0 atom stereocenters. The molecule has 118 valence electrons. The van der Waals surface area contributed by atoms with Gasteiger partial charge in [-0.15, -0.1) is 0 Å². The van der Waals surface area contributed by atoms with Gasteiger partial charge in [0.2, 0.25) is 15.9 Å². The molecule has 0 unspecified atom stereocenters. The van der Waals surface area contributed by atoms with Crippen LogP contribution in [0.5, 0.6) is 0 Å². The molecule has 0 heterocycles. The molecule has 0 aliphatic carbocycles. The number of nitrogens with zero attached hydrogens (tertiary/aromatic N) is 1. The Hall–Kier alpha value is -1.67. The van der Waals surface area contributed by atoms with E-state index in [0.717, 1.165) is 10.4 Å². The molecule has 1 aromatic carbocycles. The number of hydrogen-bond acceptors (Lipinski definition) is 4. The van der Waals surface area contributed by atoms with Crippen LogP contribution in [0.25, 0.3) is 0 Å². The van der Waals surface area contributed by atoms with Gasteiger partial charge >= 0.3 is 0 Å². The molecular formula is C13H20FN3O3S. The number of anilines is 1. The van der Waals surface area contributed by atoms with E-state index < -0.39 is 15.8 Å². The normalized spacial score (nSPS) is 11.7. The van der Waals surface area contributed by atoms with Crippen molar-refractivity contribution >= 4 is 21.6 Å². The smallest absolute Gasteiger partial charge is 0.243 e. The van der Waals surface area contributed by atoms with Gasteiger partial charge in [0, 0.05) is 27.1 Å². The van der Waals surface area contributed by atoms with E-state index in [2.05, 4.69) is 5.32 Å². The molecule has 0 radical (unpaired) electrons. The molecule has 1 rings (SSSR count). The Labute approximate surface area is 124 Å². The number of nitrogen functional groups attached to an aromatic ring is 1. The first kappa shape index (κ1) is 17.4. The zero-order valence-electron chi connectivity index (χ0n) is 12.5. The number of nitrogens with one attached hydrogen (secondary N) is 1. The zero-order chi connectivity index (χ0) is 16.4. The van der Waals surface area contributed by atoms with Crippen molar-refractivity contribution in [3.05, 3.63) is 23.0 Å². The number of rotatable bonds is 5. The lowest BCUT2D eigenvalue weighted by atomic mass is 10.1. The minimum atomic E-state index is -3.84. The van der Waals surface area contributed by atoms with E-state index in [1.807, 2.05) is 0 Å². The Kier molecular flexibility index (Phi) is 5.30. The van der Waals surface area contributed by atoms with Crippen LogP contribution in [-0.2, 0) is 14.8 Å². The van der Waals surface area contributed by atoms with Crippen molar-refractivity contribution < 1.29 is 17.6 Å². The van der Waals surface area contributed by atoms with E-state index >= 15 is 0 Å². The summed E-state index contributed by atoms with van der Waals surface area (Å²) < 4.78 is 39.7. The average Bonchev–Trinajstić information content (AvgIpc) is 2.41. The molecule has 3 N–H and O–H groups in total. The third-order valence-electron chi connectivity index (χ3n) is 3.30.